The number of furan rings is 1. The molecule has 2 N–H and O–H groups in total. The summed E-state index contributed by atoms with van der Waals surface area (Å²) in [6.45, 7) is 2.84. The van der Waals surface area contributed by atoms with Crippen molar-refractivity contribution in [2.45, 2.75) is 31.1 Å². The zero-order valence-electron chi connectivity index (χ0n) is 12.3. The number of nitrogens with one attached hydrogen (secondary N) is 1. The van der Waals surface area contributed by atoms with Crippen LogP contribution < -0.4 is 5.32 Å². The second-order valence-electron chi connectivity index (χ2n) is 5.00. The van der Waals surface area contributed by atoms with E-state index < -0.39 is 11.9 Å². The van der Waals surface area contributed by atoms with Gasteiger partial charge in [0, 0.05) is 6.54 Å². The number of aliphatic hydroxyl groups excluding tert-OH is 1. The molecular weight excluding hydrogens is 308 g/mol. The van der Waals surface area contributed by atoms with Gasteiger partial charge >= 0.3 is 0 Å². The van der Waals surface area contributed by atoms with E-state index in [1.54, 1.807) is 12.1 Å². The van der Waals surface area contributed by atoms with Crippen molar-refractivity contribution in [2.75, 3.05) is 6.54 Å². The fourth-order valence-electron chi connectivity index (χ4n) is 1.98. The molecule has 0 amide bonds. The standard InChI is InChI=1S/C16H19F2NO2S/c1-11-2-4-12(5-3-11)15(20)9-19-8-13-6-7-14(21-13)10-22-16(17)18/h2-7,15-16,19-20H,8-10H2,1H3. The van der Waals surface area contributed by atoms with Gasteiger partial charge in [-0.15, -0.1) is 0 Å². The summed E-state index contributed by atoms with van der Waals surface area (Å²) in [5.74, 6) is -1.04. The first-order chi connectivity index (χ1) is 10.5. The number of halogens is 2. The van der Waals surface area contributed by atoms with E-state index in [0.717, 1.165) is 11.1 Å². The Hall–Kier alpha value is -1.37. The molecule has 0 aliphatic heterocycles. The predicted octanol–water partition coefficient (Wildman–Crippen LogP) is 3.87. The number of aryl methyl sites for hydroxylation is 1. The van der Waals surface area contributed by atoms with Gasteiger partial charge in [-0.1, -0.05) is 41.6 Å². The lowest BCUT2D eigenvalue weighted by molar-refractivity contribution is 0.173. The van der Waals surface area contributed by atoms with E-state index in [4.69, 9.17) is 4.42 Å². The number of hydrogen-bond acceptors (Lipinski definition) is 4. The van der Waals surface area contributed by atoms with Crippen LogP contribution in [0, 0.1) is 6.92 Å². The zero-order chi connectivity index (χ0) is 15.9. The highest BCUT2D eigenvalue weighted by molar-refractivity contribution is 7.98. The highest BCUT2D eigenvalue weighted by atomic mass is 32.2. The number of aliphatic hydroxyl groups is 1. The fraction of sp³-hybridized carbons (Fsp3) is 0.375. The van der Waals surface area contributed by atoms with Crippen LogP contribution in [-0.2, 0) is 12.3 Å². The Bertz CT molecular complexity index is 572. The van der Waals surface area contributed by atoms with Crippen LogP contribution >= 0.6 is 11.8 Å². The third kappa shape index (κ3) is 5.44. The van der Waals surface area contributed by atoms with Crippen LogP contribution in [0.5, 0.6) is 0 Å². The monoisotopic (exact) mass is 327 g/mol. The maximum absolute atomic E-state index is 12.1. The van der Waals surface area contributed by atoms with Gasteiger partial charge in [0.1, 0.15) is 11.5 Å². The van der Waals surface area contributed by atoms with E-state index in [9.17, 15) is 13.9 Å². The number of benzene rings is 1. The van der Waals surface area contributed by atoms with Crippen LogP contribution in [0.4, 0.5) is 8.78 Å². The summed E-state index contributed by atoms with van der Waals surface area (Å²) in [5, 5.41) is 13.2. The van der Waals surface area contributed by atoms with Crippen LogP contribution in [0.1, 0.15) is 28.8 Å². The first kappa shape index (κ1) is 17.0. The van der Waals surface area contributed by atoms with Crippen molar-refractivity contribution >= 4 is 11.8 Å². The summed E-state index contributed by atoms with van der Waals surface area (Å²) in [6.07, 6.45) is -0.593. The normalized spacial score (nSPS) is 12.8. The van der Waals surface area contributed by atoms with Crippen molar-refractivity contribution in [1.82, 2.24) is 5.32 Å². The van der Waals surface area contributed by atoms with E-state index in [2.05, 4.69) is 5.32 Å². The number of alkyl halides is 2. The van der Waals surface area contributed by atoms with Crippen molar-refractivity contribution in [3.8, 4) is 0 Å². The lowest BCUT2D eigenvalue weighted by Gasteiger charge is -2.11. The molecule has 0 radical (unpaired) electrons. The van der Waals surface area contributed by atoms with E-state index in [1.807, 2.05) is 31.2 Å². The minimum atomic E-state index is -2.39. The van der Waals surface area contributed by atoms with Crippen molar-refractivity contribution in [1.29, 1.82) is 0 Å². The van der Waals surface area contributed by atoms with E-state index in [0.29, 0.717) is 36.4 Å². The molecule has 0 spiro atoms. The molecule has 0 saturated carbocycles. The smallest absolute Gasteiger partial charge is 0.284 e. The minimum absolute atomic E-state index is 0.156. The highest BCUT2D eigenvalue weighted by Crippen LogP contribution is 2.21. The first-order valence-electron chi connectivity index (χ1n) is 6.97. The van der Waals surface area contributed by atoms with Crippen molar-refractivity contribution < 1.29 is 18.3 Å². The molecule has 1 unspecified atom stereocenters. The summed E-state index contributed by atoms with van der Waals surface area (Å²) in [5.41, 5.74) is 2.00. The second-order valence-corrected chi connectivity index (χ2v) is 5.98. The van der Waals surface area contributed by atoms with Crippen molar-refractivity contribution in [3.05, 3.63) is 59.0 Å². The summed E-state index contributed by atoms with van der Waals surface area (Å²) < 4.78 is 29.6. The molecular formula is C16H19F2NO2S. The summed E-state index contributed by atoms with van der Waals surface area (Å²) in [6, 6.07) is 11.2. The van der Waals surface area contributed by atoms with Gasteiger partial charge in [-0.25, -0.2) is 0 Å². The molecule has 1 aromatic carbocycles. The molecule has 1 aromatic heterocycles. The molecule has 0 fully saturated rings. The quantitative estimate of drug-likeness (QED) is 0.773. The molecule has 0 aliphatic rings. The molecule has 1 heterocycles. The van der Waals surface area contributed by atoms with E-state index >= 15 is 0 Å². The minimum Gasteiger partial charge on any atom is -0.464 e. The average molecular weight is 327 g/mol. The Morgan fingerprint density at radius 2 is 1.82 bits per heavy atom. The van der Waals surface area contributed by atoms with Gasteiger partial charge in [-0.05, 0) is 24.6 Å². The van der Waals surface area contributed by atoms with Crippen molar-refractivity contribution in [2.24, 2.45) is 0 Å². The Morgan fingerprint density at radius 1 is 1.14 bits per heavy atom. The SMILES string of the molecule is Cc1ccc(C(O)CNCc2ccc(CSC(F)F)o2)cc1. The molecule has 6 heteroatoms. The molecule has 2 aromatic rings. The summed E-state index contributed by atoms with van der Waals surface area (Å²) in [4.78, 5) is 0. The number of hydrogen-bond donors (Lipinski definition) is 2. The van der Waals surface area contributed by atoms with Gasteiger partial charge in [0.2, 0.25) is 0 Å². The number of thioether (sulfide) groups is 1. The molecule has 120 valence electrons. The molecule has 2 rings (SSSR count). The maximum Gasteiger partial charge on any atom is 0.284 e. The van der Waals surface area contributed by atoms with E-state index in [-0.39, 0.29) is 5.75 Å². The Balaban J connectivity index is 1.75. The van der Waals surface area contributed by atoms with Crippen molar-refractivity contribution in [3.63, 3.8) is 0 Å². The van der Waals surface area contributed by atoms with Crippen LogP contribution in [0.2, 0.25) is 0 Å². The molecule has 0 saturated heterocycles. The first-order valence-corrected chi connectivity index (χ1v) is 8.02. The van der Waals surface area contributed by atoms with Crippen LogP contribution in [0.15, 0.2) is 40.8 Å². The Morgan fingerprint density at radius 3 is 2.50 bits per heavy atom. The topological polar surface area (TPSA) is 45.4 Å². The molecule has 1 atom stereocenters. The third-order valence-corrected chi connectivity index (χ3v) is 3.87. The lowest BCUT2D eigenvalue weighted by atomic mass is 10.1. The summed E-state index contributed by atoms with van der Waals surface area (Å²) >= 11 is 0.537. The van der Waals surface area contributed by atoms with Gasteiger partial charge in [-0.3, -0.25) is 0 Å². The third-order valence-electron chi connectivity index (χ3n) is 3.17. The largest absolute Gasteiger partial charge is 0.464 e. The fourth-order valence-corrected chi connectivity index (χ4v) is 2.42. The number of rotatable bonds is 8. The molecule has 0 bridgehead atoms. The van der Waals surface area contributed by atoms with E-state index in [1.165, 1.54) is 0 Å². The molecule has 3 nitrogen and oxygen atoms in total. The van der Waals surface area contributed by atoms with Gasteiger partial charge < -0.3 is 14.8 Å². The van der Waals surface area contributed by atoms with Crippen LogP contribution in [0.3, 0.4) is 0 Å². The molecule has 22 heavy (non-hydrogen) atoms. The van der Waals surface area contributed by atoms with Gasteiger partial charge in [0.15, 0.2) is 0 Å². The Labute approximate surface area is 132 Å². The Kier molecular flexibility index (Phi) is 6.42. The summed E-state index contributed by atoms with van der Waals surface area (Å²) in [7, 11) is 0. The van der Waals surface area contributed by atoms with Gasteiger partial charge in [-0.2, -0.15) is 8.78 Å². The average Bonchev–Trinajstić information content (AvgIpc) is 2.93. The van der Waals surface area contributed by atoms with Gasteiger partial charge in [0.05, 0.1) is 18.4 Å². The zero-order valence-corrected chi connectivity index (χ0v) is 13.1. The second kappa shape index (κ2) is 8.31. The predicted molar refractivity (Wildman–Crippen MR) is 83.9 cm³/mol. The molecule has 0 aliphatic carbocycles. The van der Waals surface area contributed by atoms with Crippen LogP contribution in [0.25, 0.3) is 0 Å². The van der Waals surface area contributed by atoms with Gasteiger partial charge in [0.25, 0.3) is 5.76 Å². The van der Waals surface area contributed by atoms with Crippen LogP contribution in [-0.4, -0.2) is 17.4 Å². The highest BCUT2D eigenvalue weighted by Gasteiger charge is 2.09. The lowest BCUT2D eigenvalue weighted by Crippen LogP contribution is -2.20. The maximum atomic E-state index is 12.1.